The summed E-state index contributed by atoms with van der Waals surface area (Å²) in [5, 5.41) is -0.680. The van der Waals surface area contributed by atoms with Gasteiger partial charge in [-0.05, 0) is 36.8 Å². The van der Waals surface area contributed by atoms with Crippen LogP contribution in [0.1, 0.15) is 18.6 Å². The summed E-state index contributed by atoms with van der Waals surface area (Å²) in [5.74, 6) is -0.896. The highest BCUT2D eigenvalue weighted by Crippen LogP contribution is 2.21. The Morgan fingerprint density at radius 3 is 2.69 bits per heavy atom. The van der Waals surface area contributed by atoms with Crippen molar-refractivity contribution >= 4 is 25.8 Å². The maximum atomic E-state index is 13.2. The van der Waals surface area contributed by atoms with Crippen molar-refractivity contribution in [3.8, 4) is 0 Å². The molecule has 29 heavy (non-hydrogen) atoms. The van der Waals surface area contributed by atoms with Crippen molar-refractivity contribution in [2.75, 3.05) is 19.6 Å². The van der Waals surface area contributed by atoms with E-state index in [9.17, 15) is 26.0 Å². The van der Waals surface area contributed by atoms with Gasteiger partial charge in [0, 0.05) is 26.1 Å². The summed E-state index contributed by atoms with van der Waals surface area (Å²) in [5.41, 5.74) is 0. The van der Waals surface area contributed by atoms with Crippen molar-refractivity contribution in [3.63, 3.8) is 0 Å². The van der Waals surface area contributed by atoms with Gasteiger partial charge in [-0.15, -0.1) is 0 Å². The van der Waals surface area contributed by atoms with E-state index in [1.807, 2.05) is 0 Å². The van der Waals surface area contributed by atoms with Crippen molar-refractivity contribution in [2.24, 2.45) is 0 Å². The number of sulfonamides is 1. The van der Waals surface area contributed by atoms with Gasteiger partial charge in [0.05, 0.1) is 16.4 Å². The second-order valence-electron chi connectivity index (χ2n) is 6.74. The first-order valence-electron chi connectivity index (χ1n) is 8.94. The average Bonchev–Trinajstić information content (AvgIpc) is 3.33. The number of rotatable bonds is 8. The monoisotopic (exact) mass is 444 g/mol. The van der Waals surface area contributed by atoms with Gasteiger partial charge < -0.3 is 9.32 Å². The first kappa shape index (κ1) is 21.5. The number of halogens is 1. The smallest absolute Gasteiger partial charge is 0.240 e. The lowest BCUT2D eigenvalue weighted by atomic mass is 10.4. The van der Waals surface area contributed by atoms with E-state index in [-0.39, 0.29) is 42.6 Å². The van der Waals surface area contributed by atoms with Crippen LogP contribution in [0.3, 0.4) is 0 Å². The van der Waals surface area contributed by atoms with Crippen molar-refractivity contribution in [1.29, 1.82) is 0 Å². The predicted molar refractivity (Wildman–Crippen MR) is 103 cm³/mol. The third-order valence-electron chi connectivity index (χ3n) is 4.67. The fraction of sp³-hybridized carbons (Fsp3) is 0.389. The van der Waals surface area contributed by atoms with Gasteiger partial charge >= 0.3 is 0 Å². The summed E-state index contributed by atoms with van der Waals surface area (Å²) in [6, 6.07) is 7.75. The molecule has 8 nitrogen and oxygen atoms in total. The van der Waals surface area contributed by atoms with E-state index in [2.05, 4.69) is 4.72 Å². The predicted octanol–water partition coefficient (Wildman–Crippen LogP) is 1.30. The molecule has 2 aromatic rings. The normalized spacial score (nSPS) is 17.6. The SMILES string of the molecule is O=C(CCNS(=O)(=O)c1cccc(F)c1)N1CC[C@H](S(=O)(=O)Cc2ccco2)C1. The number of sulfone groups is 1. The molecule has 2 heterocycles. The lowest BCUT2D eigenvalue weighted by molar-refractivity contribution is -0.129. The van der Waals surface area contributed by atoms with Crippen LogP contribution in [0.2, 0.25) is 0 Å². The standard InChI is InChI=1S/C18H21FN2O6S2/c19-14-3-1-5-16(11-14)29(25,26)20-8-6-18(22)21-9-7-17(12-21)28(23,24)13-15-4-2-10-27-15/h1-5,10-11,17,20H,6-9,12-13H2/t17-/m0/s1. The Bertz CT molecular complexity index is 1070. The van der Waals surface area contributed by atoms with Crippen LogP contribution in [-0.2, 0) is 30.4 Å². The molecule has 1 fully saturated rings. The van der Waals surface area contributed by atoms with E-state index in [0.717, 1.165) is 12.1 Å². The molecule has 1 aliphatic rings. The molecule has 158 valence electrons. The minimum Gasteiger partial charge on any atom is -0.468 e. The lowest BCUT2D eigenvalue weighted by Crippen LogP contribution is -2.35. The van der Waals surface area contributed by atoms with Gasteiger partial charge in [0.2, 0.25) is 15.9 Å². The molecule has 0 aliphatic carbocycles. The van der Waals surface area contributed by atoms with Crippen LogP contribution in [0.5, 0.6) is 0 Å². The topological polar surface area (TPSA) is 114 Å². The quantitative estimate of drug-likeness (QED) is 0.657. The molecule has 1 N–H and O–H groups in total. The first-order chi connectivity index (χ1) is 13.7. The summed E-state index contributed by atoms with van der Waals surface area (Å²) in [6.45, 7) is 0.189. The zero-order chi connectivity index (χ0) is 21.1. The molecule has 3 rings (SSSR count). The fourth-order valence-corrected chi connectivity index (χ4v) is 5.86. The van der Waals surface area contributed by atoms with Gasteiger partial charge in [0.15, 0.2) is 9.84 Å². The zero-order valence-corrected chi connectivity index (χ0v) is 17.1. The summed E-state index contributed by atoms with van der Waals surface area (Å²) < 4.78 is 69.8. The van der Waals surface area contributed by atoms with Crippen molar-refractivity contribution in [2.45, 2.75) is 28.7 Å². The van der Waals surface area contributed by atoms with Crippen LogP contribution in [0.4, 0.5) is 4.39 Å². The van der Waals surface area contributed by atoms with Crippen LogP contribution in [0, 0.1) is 5.82 Å². The van der Waals surface area contributed by atoms with E-state index in [1.165, 1.54) is 23.3 Å². The largest absolute Gasteiger partial charge is 0.468 e. The van der Waals surface area contributed by atoms with E-state index in [1.54, 1.807) is 12.1 Å². The molecule has 1 aliphatic heterocycles. The minimum atomic E-state index is -3.93. The molecule has 11 heteroatoms. The molecule has 0 bridgehead atoms. The van der Waals surface area contributed by atoms with E-state index in [0.29, 0.717) is 12.2 Å². The number of nitrogens with zero attached hydrogens (tertiary/aromatic N) is 1. The number of nitrogens with one attached hydrogen (secondary N) is 1. The van der Waals surface area contributed by atoms with E-state index < -0.39 is 30.9 Å². The number of likely N-dealkylation sites (tertiary alicyclic amines) is 1. The Morgan fingerprint density at radius 2 is 2.00 bits per heavy atom. The Kier molecular flexibility index (Phi) is 6.39. The van der Waals surface area contributed by atoms with Gasteiger partial charge in [0.1, 0.15) is 17.3 Å². The number of carbonyl (C=O) groups is 1. The number of hydrogen-bond donors (Lipinski definition) is 1. The fourth-order valence-electron chi connectivity index (χ4n) is 3.13. The molecule has 0 spiro atoms. The first-order valence-corrected chi connectivity index (χ1v) is 12.1. The number of furan rings is 1. The van der Waals surface area contributed by atoms with Crippen molar-refractivity contribution in [1.82, 2.24) is 9.62 Å². The van der Waals surface area contributed by atoms with Gasteiger partial charge in [-0.3, -0.25) is 4.79 Å². The van der Waals surface area contributed by atoms with Crippen molar-refractivity contribution in [3.05, 3.63) is 54.2 Å². The van der Waals surface area contributed by atoms with Gasteiger partial charge in [-0.2, -0.15) is 0 Å². The average molecular weight is 445 g/mol. The van der Waals surface area contributed by atoms with Gasteiger partial charge in [0.25, 0.3) is 0 Å². The molecule has 1 aromatic heterocycles. The lowest BCUT2D eigenvalue weighted by Gasteiger charge is -2.17. The van der Waals surface area contributed by atoms with Gasteiger partial charge in [-0.1, -0.05) is 6.07 Å². The Hall–Kier alpha value is -2.24. The second-order valence-corrected chi connectivity index (χ2v) is 10.8. The highest BCUT2D eigenvalue weighted by molar-refractivity contribution is 7.91. The molecule has 1 amide bonds. The number of benzene rings is 1. The molecule has 1 aromatic carbocycles. The van der Waals surface area contributed by atoms with Crippen LogP contribution < -0.4 is 4.72 Å². The maximum Gasteiger partial charge on any atom is 0.240 e. The molecule has 0 saturated carbocycles. The van der Waals surface area contributed by atoms with Crippen LogP contribution in [0.15, 0.2) is 52.0 Å². The van der Waals surface area contributed by atoms with Crippen LogP contribution in [-0.4, -0.2) is 52.5 Å². The molecule has 0 unspecified atom stereocenters. The zero-order valence-electron chi connectivity index (χ0n) is 15.5. The maximum absolute atomic E-state index is 13.2. The highest BCUT2D eigenvalue weighted by atomic mass is 32.2. The molecule has 0 radical (unpaired) electrons. The van der Waals surface area contributed by atoms with Gasteiger partial charge in [-0.25, -0.2) is 25.9 Å². The molecule has 1 atom stereocenters. The highest BCUT2D eigenvalue weighted by Gasteiger charge is 2.35. The van der Waals surface area contributed by atoms with E-state index >= 15 is 0 Å². The third kappa shape index (κ3) is 5.43. The molecular weight excluding hydrogens is 423 g/mol. The number of amides is 1. The second kappa shape index (κ2) is 8.64. The number of hydrogen-bond acceptors (Lipinski definition) is 6. The Morgan fingerprint density at radius 1 is 1.21 bits per heavy atom. The summed E-state index contributed by atoms with van der Waals surface area (Å²) >= 11 is 0. The minimum absolute atomic E-state index is 0.0680. The Balaban J connectivity index is 1.50. The third-order valence-corrected chi connectivity index (χ3v) is 8.21. The number of carbonyl (C=O) groups excluding carboxylic acids is 1. The summed E-state index contributed by atoms with van der Waals surface area (Å²) in [7, 11) is -7.40. The van der Waals surface area contributed by atoms with Crippen LogP contribution in [0.25, 0.3) is 0 Å². The Labute approximate surface area is 168 Å². The summed E-state index contributed by atoms with van der Waals surface area (Å²) in [4.78, 5) is 13.5. The van der Waals surface area contributed by atoms with E-state index in [4.69, 9.17) is 4.42 Å². The summed E-state index contributed by atoms with van der Waals surface area (Å²) in [6.07, 6.45) is 1.60. The molecular formula is C18H21FN2O6S2. The van der Waals surface area contributed by atoms with Crippen LogP contribution >= 0.6 is 0 Å². The molecule has 1 saturated heterocycles. The van der Waals surface area contributed by atoms with Crippen molar-refractivity contribution < 1.29 is 30.4 Å².